The van der Waals surface area contributed by atoms with E-state index >= 15 is 0 Å². The minimum atomic E-state index is 0.376. The molecule has 3 heteroatoms. The van der Waals surface area contributed by atoms with E-state index in [1.807, 2.05) is 0 Å². The van der Waals surface area contributed by atoms with E-state index in [2.05, 4.69) is 25.3 Å². The average Bonchev–Trinajstić information content (AvgIpc) is 2.01. The number of unbranched alkanes of at least 4 members (excludes halogenated alkanes) is 1. The van der Waals surface area contributed by atoms with Gasteiger partial charge in [-0.05, 0) is 30.8 Å². The Morgan fingerprint density at radius 2 is 1.45 bits per heavy atom. The van der Waals surface area contributed by atoms with Crippen LogP contribution in [0.2, 0.25) is 0 Å². The van der Waals surface area contributed by atoms with Gasteiger partial charge in [-0.1, -0.05) is 0 Å². The van der Waals surface area contributed by atoms with Crippen LogP contribution in [0.15, 0.2) is 0 Å². The van der Waals surface area contributed by atoms with Crippen molar-refractivity contribution in [3.8, 4) is 0 Å². The first-order valence-corrected chi connectivity index (χ1v) is 5.31. The lowest BCUT2D eigenvalue weighted by Gasteiger charge is -1.97. The maximum atomic E-state index is 11.0. The van der Waals surface area contributed by atoms with E-state index in [9.17, 15) is 4.79 Å². The monoisotopic (exact) mass is 192 g/mol. The largest absolute Gasteiger partial charge is 0.300 e. The predicted molar refractivity (Wildman–Crippen MR) is 55.8 cm³/mol. The Morgan fingerprint density at radius 3 is 2.00 bits per heavy atom. The predicted octanol–water partition coefficient (Wildman–Crippen LogP) is 2.37. The summed E-state index contributed by atoms with van der Waals surface area (Å²) >= 11 is 8.11. The van der Waals surface area contributed by atoms with E-state index in [4.69, 9.17) is 0 Å². The molecule has 0 aromatic carbocycles. The van der Waals surface area contributed by atoms with Crippen LogP contribution >= 0.6 is 25.3 Å². The lowest BCUT2D eigenvalue weighted by atomic mass is 10.1. The molecule has 0 radical (unpaired) electrons. The van der Waals surface area contributed by atoms with Gasteiger partial charge in [0.25, 0.3) is 0 Å². The van der Waals surface area contributed by atoms with Crippen LogP contribution in [-0.2, 0) is 4.79 Å². The van der Waals surface area contributed by atoms with Crippen molar-refractivity contribution in [3.63, 3.8) is 0 Å². The second-order valence-corrected chi connectivity index (χ2v) is 3.44. The van der Waals surface area contributed by atoms with Gasteiger partial charge in [-0.2, -0.15) is 25.3 Å². The Balaban J connectivity index is 3.09. The van der Waals surface area contributed by atoms with E-state index in [-0.39, 0.29) is 0 Å². The molecule has 0 spiro atoms. The summed E-state index contributed by atoms with van der Waals surface area (Å²) in [5, 5.41) is 0. The topological polar surface area (TPSA) is 17.1 Å². The van der Waals surface area contributed by atoms with Crippen LogP contribution in [0.3, 0.4) is 0 Å². The van der Waals surface area contributed by atoms with Crippen LogP contribution in [0, 0.1) is 0 Å². The molecule has 0 saturated heterocycles. The molecular formula is C8H16OS2. The third-order valence-electron chi connectivity index (χ3n) is 1.48. The van der Waals surface area contributed by atoms with Crippen molar-refractivity contribution in [1.82, 2.24) is 0 Å². The van der Waals surface area contributed by atoms with Crippen molar-refractivity contribution in [3.05, 3.63) is 0 Å². The van der Waals surface area contributed by atoms with Gasteiger partial charge in [-0.15, -0.1) is 0 Å². The van der Waals surface area contributed by atoms with Crippen molar-refractivity contribution >= 4 is 31.0 Å². The van der Waals surface area contributed by atoms with Gasteiger partial charge in [0.15, 0.2) is 0 Å². The highest BCUT2D eigenvalue weighted by molar-refractivity contribution is 7.80. The molecular weight excluding hydrogens is 176 g/mol. The third-order valence-corrected chi connectivity index (χ3v) is 2.11. The van der Waals surface area contributed by atoms with E-state index in [0.717, 1.165) is 37.2 Å². The second-order valence-electron chi connectivity index (χ2n) is 2.55. The van der Waals surface area contributed by atoms with E-state index in [0.29, 0.717) is 12.2 Å². The fourth-order valence-corrected chi connectivity index (χ4v) is 1.22. The number of ketones is 1. The van der Waals surface area contributed by atoms with Crippen molar-refractivity contribution in [2.75, 3.05) is 11.5 Å². The minimum absolute atomic E-state index is 0.376. The average molecular weight is 192 g/mol. The molecule has 11 heavy (non-hydrogen) atoms. The Bertz CT molecular complexity index is 104. The molecule has 0 aliphatic carbocycles. The first-order valence-electron chi connectivity index (χ1n) is 4.04. The summed E-state index contributed by atoms with van der Waals surface area (Å²) in [7, 11) is 0. The highest BCUT2D eigenvalue weighted by Gasteiger charge is 1.99. The van der Waals surface area contributed by atoms with Crippen LogP contribution in [0.5, 0.6) is 0 Å². The molecule has 0 rings (SSSR count). The van der Waals surface area contributed by atoms with Gasteiger partial charge < -0.3 is 0 Å². The molecule has 0 saturated carbocycles. The summed E-state index contributed by atoms with van der Waals surface area (Å²) in [6.07, 6.45) is 4.40. The van der Waals surface area contributed by atoms with Gasteiger partial charge in [0, 0.05) is 12.8 Å². The normalized spacial score (nSPS) is 10.0. The maximum absolute atomic E-state index is 11.0. The summed E-state index contributed by atoms with van der Waals surface area (Å²) in [5.41, 5.74) is 0. The number of hydrogen-bond donors (Lipinski definition) is 2. The Labute approximate surface area is 79.8 Å². The second kappa shape index (κ2) is 8.47. The molecule has 1 nitrogen and oxygen atoms in total. The quantitative estimate of drug-likeness (QED) is 0.468. The molecule has 0 heterocycles. The minimum Gasteiger partial charge on any atom is -0.300 e. The van der Waals surface area contributed by atoms with E-state index < -0.39 is 0 Å². The summed E-state index contributed by atoms with van der Waals surface area (Å²) < 4.78 is 0. The zero-order valence-electron chi connectivity index (χ0n) is 6.75. The van der Waals surface area contributed by atoms with E-state index in [1.165, 1.54) is 0 Å². The molecule has 66 valence electrons. The van der Waals surface area contributed by atoms with Gasteiger partial charge in [-0.3, -0.25) is 4.79 Å². The Hall–Kier alpha value is 0.370. The van der Waals surface area contributed by atoms with Gasteiger partial charge in [0.1, 0.15) is 5.78 Å². The van der Waals surface area contributed by atoms with Crippen molar-refractivity contribution in [2.24, 2.45) is 0 Å². The highest BCUT2D eigenvalue weighted by atomic mass is 32.1. The van der Waals surface area contributed by atoms with Crippen molar-refractivity contribution in [1.29, 1.82) is 0 Å². The number of carbonyl (C=O) groups is 1. The number of Topliss-reactive ketones (excluding diaryl/α,β-unsaturated/α-hetero) is 1. The SMILES string of the molecule is O=C(CCCS)CCCCS. The molecule has 0 amide bonds. The maximum Gasteiger partial charge on any atom is 0.132 e. The molecule has 0 aliphatic rings. The molecule has 0 fully saturated rings. The molecule has 0 atom stereocenters. The van der Waals surface area contributed by atoms with Crippen LogP contribution in [0.25, 0.3) is 0 Å². The van der Waals surface area contributed by atoms with Gasteiger partial charge >= 0.3 is 0 Å². The lowest BCUT2D eigenvalue weighted by Crippen LogP contribution is -1.97. The van der Waals surface area contributed by atoms with Crippen LogP contribution in [0.4, 0.5) is 0 Å². The number of hydrogen-bond acceptors (Lipinski definition) is 3. The van der Waals surface area contributed by atoms with Gasteiger partial charge in [0.2, 0.25) is 0 Å². The fraction of sp³-hybridized carbons (Fsp3) is 0.875. The number of rotatable bonds is 7. The van der Waals surface area contributed by atoms with Crippen LogP contribution in [-0.4, -0.2) is 17.3 Å². The van der Waals surface area contributed by atoms with Crippen LogP contribution in [0.1, 0.15) is 32.1 Å². The van der Waals surface area contributed by atoms with Crippen LogP contribution < -0.4 is 0 Å². The summed E-state index contributed by atoms with van der Waals surface area (Å²) in [6, 6.07) is 0. The van der Waals surface area contributed by atoms with Gasteiger partial charge in [0.05, 0.1) is 0 Å². The molecule has 0 aromatic rings. The number of thiol groups is 2. The fourth-order valence-electron chi connectivity index (χ4n) is 0.835. The number of carbonyl (C=O) groups excluding carboxylic acids is 1. The molecule has 0 aromatic heterocycles. The summed E-state index contributed by atoms with van der Waals surface area (Å²) in [4.78, 5) is 11.0. The van der Waals surface area contributed by atoms with Crippen molar-refractivity contribution < 1.29 is 4.79 Å². The van der Waals surface area contributed by atoms with Crippen molar-refractivity contribution in [2.45, 2.75) is 32.1 Å². The first kappa shape index (κ1) is 11.4. The Morgan fingerprint density at radius 1 is 0.909 bits per heavy atom. The third kappa shape index (κ3) is 8.27. The zero-order chi connectivity index (χ0) is 8.53. The molecule has 0 aliphatic heterocycles. The summed E-state index contributed by atoms with van der Waals surface area (Å²) in [5.74, 6) is 2.08. The molecule has 0 N–H and O–H groups in total. The first-order chi connectivity index (χ1) is 5.31. The standard InChI is InChI=1S/C8H16OS2/c9-8(5-3-7-11)4-1-2-6-10/h10-11H,1-7H2. The Kier molecular flexibility index (Phi) is 8.75. The highest BCUT2D eigenvalue weighted by Crippen LogP contribution is 2.02. The lowest BCUT2D eigenvalue weighted by molar-refractivity contribution is -0.119. The van der Waals surface area contributed by atoms with E-state index in [1.54, 1.807) is 0 Å². The summed E-state index contributed by atoms with van der Waals surface area (Å²) in [6.45, 7) is 0. The molecule has 0 unspecified atom stereocenters. The zero-order valence-corrected chi connectivity index (χ0v) is 8.54. The van der Waals surface area contributed by atoms with Gasteiger partial charge in [-0.25, -0.2) is 0 Å². The smallest absolute Gasteiger partial charge is 0.132 e. The molecule has 0 bridgehead atoms.